The largest absolute Gasteiger partial charge is 0.383 e. The number of nitrogens with one attached hydrogen (secondary N) is 3. The van der Waals surface area contributed by atoms with Crippen LogP contribution in [0.1, 0.15) is 16.8 Å². The lowest BCUT2D eigenvalue weighted by atomic mass is 10.1. The lowest BCUT2D eigenvalue weighted by molar-refractivity contribution is 0.210. The first-order valence-electron chi connectivity index (χ1n) is 8.33. The Kier molecular flexibility index (Phi) is 5.92. The molecule has 3 rings (SSSR count). The van der Waals surface area contributed by atoms with Crippen LogP contribution in [-0.2, 0) is 24.1 Å². The number of aromatic nitrogens is 3. The Hall–Kier alpha value is -2.25. The van der Waals surface area contributed by atoms with Gasteiger partial charge in [-0.05, 0) is 30.7 Å². The quantitative estimate of drug-likeness (QED) is 0.659. The fourth-order valence-electron chi connectivity index (χ4n) is 2.72. The maximum Gasteiger partial charge on any atom is 0.224 e. The molecule has 0 aromatic carbocycles. The number of hydrogen-bond acceptors (Lipinski definition) is 7. The number of rotatable bonds is 7. The van der Waals surface area contributed by atoms with Crippen LogP contribution in [0, 0.1) is 0 Å². The van der Waals surface area contributed by atoms with Crippen LogP contribution < -0.4 is 16.0 Å². The lowest BCUT2D eigenvalue weighted by Crippen LogP contribution is -2.16. The number of anilines is 2. The van der Waals surface area contributed by atoms with Crippen molar-refractivity contribution in [2.24, 2.45) is 0 Å². The summed E-state index contributed by atoms with van der Waals surface area (Å²) in [5, 5.41) is 10.1. The highest BCUT2D eigenvalue weighted by Gasteiger charge is 2.16. The zero-order chi connectivity index (χ0) is 16.6. The highest BCUT2D eigenvalue weighted by atomic mass is 16.5. The molecule has 0 spiro atoms. The summed E-state index contributed by atoms with van der Waals surface area (Å²) in [6.07, 6.45) is 5.46. The summed E-state index contributed by atoms with van der Waals surface area (Å²) in [7, 11) is 1.69. The van der Waals surface area contributed by atoms with Gasteiger partial charge in [-0.1, -0.05) is 0 Å². The van der Waals surface area contributed by atoms with Crippen LogP contribution in [0.15, 0.2) is 24.5 Å². The molecule has 3 heterocycles. The van der Waals surface area contributed by atoms with Crippen molar-refractivity contribution in [1.82, 2.24) is 20.3 Å². The van der Waals surface area contributed by atoms with Crippen LogP contribution >= 0.6 is 0 Å². The minimum Gasteiger partial charge on any atom is -0.383 e. The Bertz CT molecular complexity index is 649. The maximum absolute atomic E-state index is 5.08. The highest BCUT2D eigenvalue weighted by molar-refractivity contribution is 5.51. The van der Waals surface area contributed by atoms with Gasteiger partial charge in [-0.3, -0.25) is 4.98 Å². The van der Waals surface area contributed by atoms with Gasteiger partial charge in [-0.2, -0.15) is 4.98 Å². The number of pyridine rings is 1. The van der Waals surface area contributed by atoms with E-state index in [9.17, 15) is 0 Å². The first-order chi connectivity index (χ1) is 11.9. The Balaban J connectivity index is 1.80. The van der Waals surface area contributed by atoms with Gasteiger partial charge in [0.15, 0.2) is 0 Å². The van der Waals surface area contributed by atoms with E-state index < -0.39 is 0 Å². The van der Waals surface area contributed by atoms with Crippen molar-refractivity contribution in [2.75, 3.05) is 44.0 Å². The molecule has 0 bridgehead atoms. The topological polar surface area (TPSA) is 84.0 Å². The van der Waals surface area contributed by atoms with Crippen LogP contribution in [-0.4, -0.2) is 48.3 Å². The second-order valence-electron chi connectivity index (χ2n) is 5.70. The van der Waals surface area contributed by atoms with Crippen LogP contribution in [0.3, 0.4) is 0 Å². The normalized spacial score (nSPS) is 13.9. The number of hydrogen-bond donors (Lipinski definition) is 3. The molecule has 0 unspecified atom stereocenters. The minimum absolute atomic E-state index is 0.627. The number of nitrogens with zero attached hydrogens (tertiary/aromatic N) is 3. The molecular formula is C17H24N6O. The van der Waals surface area contributed by atoms with Gasteiger partial charge in [0.2, 0.25) is 5.95 Å². The van der Waals surface area contributed by atoms with Gasteiger partial charge < -0.3 is 20.7 Å². The van der Waals surface area contributed by atoms with Crippen molar-refractivity contribution >= 4 is 11.8 Å². The standard InChI is InChI=1S/C17H24N6O/c1-24-11-10-20-17-22-15-5-9-19-8-4-14(15)16(23-17)21-12-13-2-6-18-7-3-13/h2-3,6-7,19H,4-5,8-12H2,1H3,(H2,20,21,22,23). The van der Waals surface area contributed by atoms with Gasteiger partial charge in [0.1, 0.15) is 5.82 Å². The van der Waals surface area contributed by atoms with Gasteiger partial charge in [0.05, 0.1) is 12.3 Å². The zero-order valence-corrected chi connectivity index (χ0v) is 14.0. The van der Waals surface area contributed by atoms with E-state index in [-0.39, 0.29) is 0 Å². The van der Waals surface area contributed by atoms with E-state index in [2.05, 4.69) is 25.9 Å². The summed E-state index contributed by atoms with van der Waals surface area (Å²) >= 11 is 0. The summed E-state index contributed by atoms with van der Waals surface area (Å²) in [4.78, 5) is 13.4. The second-order valence-corrected chi connectivity index (χ2v) is 5.70. The number of methoxy groups -OCH3 is 1. The molecule has 0 saturated carbocycles. The molecule has 7 nitrogen and oxygen atoms in total. The Morgan fingerprint density at radius 3 is 2.79 bits per heavy atom. The summed E-state index contributed by atoms with van der Waals surface area (Å²) < 4.78 is 5.08. The molecule has 0 aliphatic carbocycles. The molecule has 2 aromatic rings. The Labute approximate surface area is 142 Å². The van der Waals surface area contributed by atoms with Crippen LogP contribution in [0.2, 0.25) is 0 Å². The number of ether oxygens (including phenoxy) is 1. The average Bonchev–Trinajstić information content (AvgIpc) is 2.86. The molecule has 0 saturated heterocycles. The van der Waals surface area contributed by atoms with Gasteiger partial charge in [-0.25, -0.2) is 4.98 Å². The minimum atomic E-state index is 0.627. The van der Waals surface area contributed by atoms with Crippen molar-refractivity contribution in [3.05, 3.63) is 41.3 Å². The fourth-order valence-corrected chi connectivity index (χ4v) is 2.72. The molecule has 3 N–H and O–H groups in total. The first-order valence-corrected chi connectivity index (χ1v) is 8.33. The fraction of sp³-hybridized carbons (Fsp3) is 0.471. The summed E-state index contributed by atoms with van der Waals surface area (Å²) in [6.45, 7) is 3.94. The molecule has 0 atom stereocenters. The molecule has 1 aliphatic rings. The van der Waals surface area contributed by atoms with E-state index in [0.717, 1.165) is 44.0 Å². The lowest BCUT2D eigenvalue weighted by Gasteiger charge is -2.15. The third-order valence-electron chi connectivity index (χ3n) is 3.98. The van der Waals surface area contributed by atoms with E-state index in [0.29, 0.717) is 19.1 Å². The molecule has 0 fully saturated rings. The van der Waals surface area contributed by atoms with Gasteiger partial charge in [0.25, 0.3) is 0 Å². The summed E-state index contributed by atoms with van der Waals surface area (Å²) in [6, 6.07) is 4.01. The molecule has 0 radical (unpaired) electrons. The second kappa shape index (κ2) is 8.56. The summed E-state index contributed by atoms with van der Waals surface area (Å²) in [5.74, 6) is 1.57. The SMILES string of the molecule is COCCNc1nc2c(c(NCc3ccncc3)n1)CCNCC2. The van der Waals surface area contributed by atoms with Crippen molar-refractivity contribution in [2.45, 2.75) is 19.4 Å². The monoisotopic (exact) mass is 328 g/mol. The van der Waals surface area contributed by atoms with Crippen molar-refractivity contribution in [3.8, 4) is 0 Å². The van der Waals surface area contributed by atoms with E-state index in [1.54, 1.807) is 19.5 Å². The molecule has 24 heavy (non-hydrogen) atoms. The molecule has 128 valence electrons. The van der Waals surface area contributed by atoms with Crippen LogP contribution in [0.4, 0.5) is 11.8 Å². The molecule has 1 aliphatic heterocycles. The first kappa shape index (κ1) is 16.6. The molecule has 7 heteroatoms. The van der Waals surface area contributed by atoms with Gasteiger partial charge in [0, 0.05) is 51.1 Å². The maximum atomic E-state index is 5.08. The third kappa shape index (κ3) is 4.39. The van der Waals surface area contributed by atoms with Crippen molar-refractivity contribution < 1.29 is 4.74 Å². The molecule has 0 amide bonds. The number of fused-ring (bicyclic) bond motifs is 1. The van der Waals surface area contributed by atoms with Crippen LogP contribution in [0.25, 0.3) is 0 Å². The highest BCUT2D eigenvalue weighted by Crippen LogP contribution is 2.22. The summed E-state index contributed by atoms with van der Waals surface area (Å²) in [5.41, 5.74) is 3.51. The van der Waals surface area contributed by atoms with E-state index in [1.807, 2.05) is 12.1 Å². The molecular weight excluding hydrogens is 304 g/mol. The van der Waals surface area contributed by atoms with Gasteiger partial charge in [-0.15, -0.1) is 0 Å². The zero-order valence-electron chi connectivity index (χ0n) is 14.0. The Morgan fingerprint density at radius 1 is 1.12 bits per heavy atom. The predicted molar refractivity (Wildman–Crippen MR) is 94.2 cm³/mol. The smallest absolute Gasteiger partial charge is 0.224 e. The van der Waals surface area contributed by atoms with E-state index >= 15 is 0 Å². The van der Waals surface area contributed by atoms with E-state index in [4.69, 9.17) is 9.72 Å². The predicted octanol–water partition coefficient (Wildman–Crippen LogP) is 1.23. The molecule has 2 aromatic heterocycles. The average molecular weight is 328 g/mol. The van der Waals surface area contributed by atoms with Crippen LogP contribution in [0.5, 0.6) is 0 Å². The third-order valence-corrected chi connectivity index (χ3v) is 3.98. The Morgan fingerprint density at radius 2 is 1.96 bits per heavy atom. The van der Waals surface area contributed by atoms with Crippen molar-refractivity contribution in [3.63, 3.8) is 0 Å². The van der Waals surface area contributed by atoms with Crippen molar-refractivity contribution in [1.29, 1.82) is 0 Å². The van der Waals surface area contributed by atoms with E-state index in [1.165, 1.54) is 11.1 Å². The van der Waals surface area contributed by atoms with Gasteiger partial charge >= 0.3 is 0 Å².